The molecule has 0 aromatic heterocycles. The SMILES string of the molecule is CCN(CC)C(=O)c1ccccc1P(C1CCCCC1)C1CCCCC1. The summed E-state index contributed by atoms with van der Waals surface area (Å²) in [5.74, 6) is 0.254. The molecule has 2 fully saturated rings. The second-order valence-electron chi connectivity index (χ2n) is 7.99. The highest BCUT2D eigenvalue weighted by Gasteiger charge is 2.34. The molecule has 1 aromatic rings. The van der Waals surface area contributed by atoms with Crippen LogP contribution in [0.2, 0.25) is 0 Å². The first kappa shape index (κ1) is 19.9. The summed E-state index contributed by atoms with van der Waals surface area (Å²) in [6.07, 6.45) is 13.9. The molecule has 2 aliphatic carbocycles. The summed E-state index contributed by atoms with van der Waals surface area (Å²) >= 11 is 0. The fourth-order valence-corrected chi connectivity index (χ4v) is 8.90. The third kappa shape index (κ3) is 4.50. The van der Waals surface area contributed by atoms with Crippen LogP contribution in [0.3, 0.4) is 0 Å². The Kier molecular flexibility index (Phi) is 7.55. The van der Waals surface area contributed by atoms with Gasteiger partial charge in [0.05, 0.1) is 0 Å². The molecule has 1 amide bonds. The monoisotopic (exact) mass is 373 g/mol. The Morgan fingerprint density at radius 3 is 1.88 bits per heavy atom. The van der Waals surface area contributed by atoms with Crippen LogP contribution in [0.15, 0.2) is 24.3 Å². The lowest BCUT2D eigenvalue weighted by Gasteiger charge is -2.39. The molecule has 0 unspecified atom stereocenters. The standard InChI is InChI=1S/C23H36NOP/c1-3-24(4-2)23(25)21-17-11-12-18-22(21)26(19-13-7-5-8-14-19)20-15-9-6-10-16-20/h11-12,17-20H,3-10,13-16H2,1-2H3. The Balaban J connectivity index is 1.96. The molecule has 0 heterocycles. The quantitative estimate of drug-likeness (QED) is 0.565. The zero-order valence-corrected chi connectivity index (χ0v) is 17.6. The van der Waals surface area contributed by atoms with Crippen molar-refractivity contribution < 1.29 is 4.79 Å². The highest BCUT2D eigenvalue weighted by Crippen LogP contribution is 2.55. The smallest absolute Gasteiger partial charge is 0.254 e. The van der Waals surface area contributed by atoms with E-state index >= 15 is 0 Å². The number of hydrogen-bond acceptors (Lipinski definition) is 1. The van der Waals surface area contributed by atoms with Gasteiger partial charge in [0.15, 0.2) is 0 Å². The van der Waals surface area contributed by atoms with Gasteiger partial charge in [0.25, 0.3) is 5.91 Å². The van der Waals surface area contributed by atoms with Crippen LogP contribution in [0.25, 0.3) is 0 Å². The topological polar surface area (TPSA) is 20.3 Å². The number of nitrogens with zero attached hydrogens (tertiary/aromatic N) is 1. The van der Waals surface area contributed by atoms with E-state index in [0.717, 1.165) is 30.0 Å². The number of benzene rings is 1. The van der Waals surface area contributed by atoms with Crippen LogP contribution in [-0.2, 0) is 0 Å². The lowest BCUT2D eigenvalue weighted by atomic mass is 9.99. The fraction of sp³-hybridized carbons (Fsp3) is 0.696. The molecule has 0 radical (unpaired) electrons. The summed E-state index contributed by atoms with van der Waals surface area (Å²) in [6, 6.07) is 8.66. The maximum atomic E-state index is 13.2. The van der Waals surface area contributed by atoms with E-state index < -0.39 is 0 Å². The highest BCUT2D eigenvalue weighted by atomic mass is 31.1. The summed E-state index contributed by atoms with van der Waals surface area (Å²) in [6.45, 7) is 5.78. The number of carbonyl (C=O) groups excluding carboxylic acids is 1. The van der Waals surface area contributed by atoms with E-state index in [0.29, 0.717) is 0 Å². The summed E-state index contributed by atoms with van der Waals surface area (Å²) in [5, 5.41) is 1.43. The van der Waals surface area contributed by atoms with Crippen LogP contribution in [-0.4, -0.2) is 35.2 Å². The van der Waals surface area contributed by atoms with Crippen LogP contribution in [0, 0.1) is 0 Å². The minimum absolute atomic E-state index is 0.228. The molecular weight excluding hydrogens is 337 g/mol. The molecule has 2 nitrogen and oxygen atoms in total. The Labute approximate surface area is 161 Å². The molecule has 2 saturated carbocycles. The van der Waals surface area contributed by atoms with Crippen LogP contribution < -0.4 is 5.30 Å². The Morgan fingerprint density at radius 2 is 1.38 bits per heavy atom. The predicted molar refractivity (Wildman–Crippen MR) is 114 cm³/mol. The lowest BCUT2D eigenvalue weighted by molar-refractivity contribution is 0.0774. The van der Waals surface area contributed by atoms with Gasteiger partial charge in [0.1, 0.15) is 0 Å². The average molecular weight is 374 g/mol. The first-order valence-corrected chi connectivity index (χ1v) is 12.4. The van der Waals surface area contributed by atoms with E-state index in [1.165, 1.54) is 69.5 Å². The first-order chi connectivity index (χ1) is 12.8. The van der Waals surface area contributed by atoms with Crippen LogP contribution in [0.4, 0.5) is 0 Å². The molecule has 1 aromatic carbocycles. The fourth-order valence-electron chi connectivity index (χ4n) is 4.97. The third-order valence-electron chi connectivity index (χ3n) is 6.40. The molecule has 26 heavy (non-hydrogen) atoms. The zero-order valence-electron chi connectivity index (χ0n) is 16.8. The van der Waals surface area contributed by atoms with Gasteiger partial charge in [-0.05, 0) is 62.2 Å². The van der Waals surface area contributed by atoms with Crippen molar-refractivity contribution >= 4 is 19.1 Å². The molecule has 0 bridgehead atoms. The van der Waals surface area contributed by atoms with Crippen LogP contribution in [0.1, 0.15) is 88.4 Å². The number of hydrogen-bond donors (Lipinski definition) is 0. The lowest BCUT2D eigenvalue weighted by Crippen LogP contribution is -2.35. The Bertz CT molecular complexity index is 553. The van der Waals surface area contributed by atoms with Gasteiger partial charge in [-0.2, -0.15) is 0 Å². The average Bonchev–Trinajstić information content (AvgIpc) is 2.71. The van der Waals surface area contributed by atoms with Crippen molar-refractivity contribution in [3.05, 3.63) is 29.8 Å². The van der Waals surface area contributed by atoms with Crippen molar-refractivity contribution in [2.75, 3.05) is 13.1 Å². The van der Waals surface area contributed by atoms with Crippen molar-refractivity contribution in [3.63, 3.8) is 0 Å². The molecule has 144 valence electrons. The van der Waals surface area contributed by atoms with Gasteiger partial charge < -0.3 is 4.90 Å². The maximum Gasteiger partial charge on any atom is 0.254 e. The van der Waals surface area contributed by atoms with E-state index in [1.54, 1.807) is 0 Å². The first-order valence-electron chi connectivity index (χ1n) is 10.9. The van der Waals surface area contributed by atoms with Crippen molar-refractivity contribution in [1.29, 1.82) is 0 Å². The largest absolute Gasteiger partial charge is 0.339 e. The van der Waals surface area contributed by atoms with Gasteiger partial charge in [0.2, 0.25) is 0 Å². The Hall–Kier alpha value is -0.880. The van der Waals surface area contributed by atoms with Gasteiger partial charge in [-0.3, -0.25) is 4.79 Å². The van der Waals surface area contributed by atoms with E-state index in [-0.39, 0.29) is 13.8 Å². The summed E-state index contributed by atoms with van der Waals surface area (Å²) in [5.41, 5.74) is 2.69. The van der Waals surface area contributed by atoms with Gasteiger partial charge >= 0.3 is 0 Å². The molecule has 0 N–H and O–H groups in total. The molecule has 0 atom stereocenters. The molecule has 0 aliphatic heterocycles. The van der Waals surface area contributed by atoms with E-state index in [9.17, 15) is 4.79 Å². The second kappa shape index (κ2) is 9.88. The normalized spacial score (nSPS) is 19.7. The molecule has 2 aliphatic rings. The van der Waals surface area contributed by atoms with E-state index in [2.05, 4.69) is 38.1 Å². The second-order valence-corrected chi connectivity index (χ2v) is 10.7. The summed E-state index contributed by atoms with van der Waals surface area (Å²) in [7, 11) is -0.228. The molecule has 0 saturated heterocycles. The third-order valence-corrected chi connectivity index (χ3v) is 9.95. The molecular formula is C23H36NOP. The molecule has 3 rings (SSSR count). The van der Waals surface area contributed by atoms with Crippen LogP contribution in [0.5, 0.6) is 0 Å². The Morgan fingerprint density at radius 1 is 0.885 bits per heavy atom. The van der Waals surface area contributed by atoms with Gasteiger partial charge in [-0.1, -0.05) is 64.6 Å². The minimum atomic E-state index is -0.228. The van der Waals surface area contributed by atoms with Crippen LogP contribution >= 0.6 is 7.92 Å². The molecule has 3 heteroatoms. The summed E-state index contributed by atoms with van der Waals surface area (Å²) in [4.78, 5) is 15.2. The van der Waals surface area contributed by atoms with Gasteiger partial charge in [-0.15, -0.1) is 0 Å². The van der Waals surface area contributed by atoms with E-state index in [1.807, 2.05) is 4.90 Å². The van der Waals surface area contributed by atoms with Crippen molar-refractivity contribution in [3.8, 4) is 0 Å². The van der Waals surface area contributed by atoms with Crippen molar-refractivity contribution in [2.24, 2.45) is 0 Å². The van der Waals surface area contributed by atoms with E-state index in [4.69, 9.17) is 0 Å². The molecule has 0 spiro atoms. The summed E-state index contributed by atoms with van der Waals surface area (Å²) < 4.78 is 0. The van der Waals surface area contributed by atoms with Crippen molar-refractivity contribution in [2.45, 2.75) is 89.4 Å². The number of amides is 1. The minimum Gasteiger partial charge on any atom is -0.339 e. The van der Waals surface area contributed by atoms with Gasteiger partial charge in [-0.25, -0.2) is 0 Å². The number of carbonyl (C=O) groups is 1. The maximum absolute atomic E-state index is 13.2. The van der Waals surface area contributed by atoms with Gasteiger partial charge in [0, 0.05) is 18.7 Å². The van der Waals surface area contributed by atoms with Crippen molar-refractivity contribution in [1.82, 2.24) is 4.90 Å². The highest BCUT2D eigenvalue weighted by molar-refractivity contribution is 7.67. The number of rotatable bonds is 6. The zero-order chi connectivity index (χ0) is 18.4. The predicted octanol–water partition coefficient (Wildman–Crippen LogP) is 5.94.